The van der Waals surface area contributed by atoms with E-state index in [4.69, 9.17) is 9.40 Å². The molecule has 3 heterocycles. The summed E-state index contributed by atoms with van der Waals surface area (Å²) in [4.78, 5) is 24.3. The van der Waals surface area contributed by atoms with Crippen LogP contribution in [-0.4, -0.2) is 81.8 Å². The lowest BCUT2D eigenvalue weighted by Gasteiger charge is -2.24. The zero-order chi connectivity index (χ0) is 24.5. The summed E-state index contributed by atoms with van der Waals surface area (Å²) in [7, 11) is 2.12. The molecule has 0 radical (unpaired) electrons. The van der Waals surface area contributed by atoms with Gasteiger partial charge in [0.05, 0.1) is 19.6 Å². The Bertz CT molecular complexity index is 1050. The van der Waals surface area contributed by atoms with Crippen molar-refractivity contribution in [2.75, 3.05) is 46.3 Å². The lowest BCUT2D eigenvalue weighted by molar-refractivity contribution is 0.268. The minimum Gasteiger partial charge on any atom is -0.441 e. The first-order chi connectivity index (χ1) is 17.1. The van der Waals surface area contributed by atoms with Crippen LogP contribution in [0.15, 0.2) is 40.0 Å². The van der Waals surface area contributed by atoms with Crippen molar-refractivity contribution in [2.24, 2.45) is 4.99 Å². The van der Waals surface area contributed by atoms with Crippen molar-refractivity contribution in [3.8, 4) is 0 Å². The number of aromatic nitrogens is 3. The lowest BCUT2D eigenvalue weighted by atomic mass is 10.2. The Kier molecular flexibility index (Phi) is 9.31. The van der Waals surface area contributed by atoms with Crippen LogP contribution in [0, 0.1) is 0 Å². The van der Waals surface area contributed by atoms with Crippen molar-refractivity contribution in [2.45, 2.75) is 59.0 Å². The Hall–Kier alpha value is -2.71. The Morgan fingerprint density at radius 1 is 1.03 bits per heavy atom. The molecule has 0 fully saturated rings. The number of fused-ring (bicyclic) bond motifs is 1. The van der Waals surface area contributed by atoms with Gasteiger partial charge in [-0.25, -0.2) is 9.97 Å². The Labute approximate surface area is 209 Å². The molecule has 1 aromatic carbocycles. The van der Waals surface area contributed by atoms with E-state index in [1.165, 1.54) is 37.9 Å². The SMILES string of the molecule is CCCN(CCC)CCCCc1nc2cc(CN(CC3=NCCN3C)Cc3ncc[nH]3)ccc2o1. The van der Waals surface area contributed by atoms with Crippen molar-refractivity contribution in [3.05, 3.63) is 47.9 Å². The molecule has 3 aromatic rings. The van der Waals surface area contributed by atoms with Crippen LogP contribution in [0.1, 0.15) is 56.8 Å². The van der Waals surface area contributed by atoms with Gasteiger partial charge in [-0.15, -0.1) is 0 Å². The first-order valence-corrected chi connectivity index (χ1v) is 13.2. The summed E-state index contributed by atoms with van der Waals surface area (Å²) in [5.74, 6) is 2.95. The summed E-state index contributed by atoms with van der Waals surface area (Å²) in [6, 6.07) is 6.39. The third kappa shape index (κ3) is 7.39. The van der Waals surface area contributed by atoms with E-state index in [2.05, 4.69) is 68.8 Å². The van der Waals surface area contributed by atoms with E-state index in [-0.39, 0.29) is 0 Å². The third-order valence-corrected chi connectivity index (χ3v) is 6.56. The van der Waals surface area contributed by atoms with Gasteiger partial charge >= 0.3 is 0 Å². The topological polar surface area (TPSA) is 76.8 Å². The zero-order valence-electron chi connectivity index (χ0n) is 21.7. The number of oxazole rings is 1. The standard InChI is InChI=1S/C27H41N7O/c1-4-14-33(15-5-2)16-7-6-8-27-31-23-18-22(9-10-24(23)35-27)19-34(20-25-28-11-12-29-25)21-26-30-13-17-32(26)3/h9-12,18H,4-8,13-17,19-21H2,1-3H3,(H,28,29). The van der Waals surface area contributed by atoms with Crippen molar-refractivity contribution in [3.63, 3.8) is 0 Å². The largest absolute Gasteiger partial charge is 0.441 e. The molecule has 0 bridgehead atoms. The number of unbranched alkanes of at least 4 members (excludes halogenated alkanes) is 1. The Morgan fingerprint density at radius 2 is 1.89 bits per heavy atom. The van der Waals surface area contributed by atoms with Crippen molar-refractivity contribution in [1.82, 2.24) is 29.7 Å². The summed E-state index contributed by atoms with van der Waals surface area (Å²) in [5, 5.41) is 0. The van der Waals surface area contributed by atoms with E-state index in [1.54, 1.807) is 6.20 Å². The van der Waals surface area contributed by atoms with E-state index in [1.807, 2.05) is 6.20 Å². The molecule has 2 aromatic heterocycles. The fraction of sp³-hybridized carbons (Fsp3) is 0.593. The average molecular weight is 480 g/mol. The zero-order valence-corrected chi connectivity index (χ0v) is 21.7. The molecule has 0 spiro atoms. The second-order valence-electron chi connectivity index (χ2n) is 9.61. The number of aromatic amines is 1. The molecule has 0 amide bonds. The van der Waals surface area contributed by atoms with Crippen molar-refractivity contribution < 1.29 is 4.42 Å². The maximum atomic E-state index is 6.06. The number of rotatable bonds is 15. The predicted octanol–water partition coefficient (Wildman–Crippen LogP) is 4.34. The molecule has 8 heteroatoms. The van der Waals surface area contributed by atoms with E-state index in [0.29, 0.717) is 0 Å². The van der Waals surface area contributed by atoms with E-state index in [9.17, 15) is 0 Å². The molecule has 8 nitrogen and oxygen atoms in total. The van der Waals surface area contributed by atoms with E-state index >= 15 is 0 Å². The molecule has 0 atom stereocenters. The van der Waals surface area contributed by atoms with Crippen LogP contribution in [0.3, 0.4) is 0 Å². The Balaban J connectivity index is 1.36. The smallest absolute Gasteiger partial charge is 0.195 e. The number of likely N-dealkylation sites (N-methyl/N-ethyl adjacent to an activating group) is 1. The number of hydrogen-bond acceptors (Lipinski definition) is 7. The number of benzene rings is 1. The number of aryl methyl sites for hydroxylation is 1. The monoisotopic (exact) mass is 479 g/mol. The van der Waals surface area contributed by atoms with Crippen LogP contribution in [0.4, 0.5) is 0 Å². The van der Waals surface area contributed by atoms with Gasteiger partial charge < -0.3 is 19.2 Å². The van der Waals surface area contributed by atoms with Gasteiger partial charge in [0.1, 0.15) is 17.2 Å². The fourth-order valence-corrected chi connectivity index (χ4v) is 4.78. The summed E-state index contributed by atoms with van der Waals surface area (Å²) >= 11 is 0. The van der Waals surface area contributed by atoms with Gasteiger partial charge in [0, 0.05) is 39.0 Å². The molecule has 0 unspecified atom stereocenters. The molecule has 1 aliphatic heterocycles. The minimum atomic E-state index is 0.745. The highest BCUT2D eigenvalue weighted by Gasteiger charge is 2.18. The highest BCUT2D eigenvalue weighted by atomic mass is 16.3. The number of nitrogens with one attached hydrogen (secondary N) is 1. The molecular formula is C27H41N7O. The molecule has 4 rings (SSSR count). The number of aliphatic imine (C=N–C) groups is 1. The quantitative estimate of drug-likeness (QED) is 0.327. The predicted molar refractivity (Wildman–Crippen MR) is 142 cm³/mol. The van der Waals surface area contributed by atoms with Gasteiger partial charge in [0.2, 0.25) is 0 Å². The van der Waals surface area contributed by atoms with Gasteiger partial charge in [-0.3, -0.25) is 9.89 Å². The normalized spacial score (nSPS) is 14.1. The lowest BCUT2D eigenvalue weighted by Crippen LogP contribution is -2.36. The maximum Gasteiger partial charge on any atom is 0.195 e. The number of amidine groups is 1. The fourth-order valence-electron chi connectivity index (χ4n) is 4.78. The average Bonchev–Trinajstić information content (AvgIpc) is 3.59. The highest BCUT2D eigenvalue weighted by Crippen LogP contribution is 2.20. The number of imidazole rings is 1. The summed E-state index contributed by atoms with van der Waals surface area (Å²) in [6.45, 7) is 12.3. The molecule has 1 aliphatic rings. The number of hydrogen-bond donors (Lipinski definition) is 1. The molecule has 0 saturated carbocycles. The van der Waals surface area contributed by atoms with Gasteiger partial charge in [0.15, 0.2) is 11.5 Å². The molecule has 35 heavy (non-hydrogen) atoms. The number of H-pyrrole nitrogens is 1. The molecule has 0 saturated heterocycles. The highest BCUT2D eigenvalue weighted by molar-refractivity contribution is 5.85. The van der Waals surface area contributed by atoms with Crippen molar-refractivity contribution >= 4 is 16.9 Å². The second-order valence-corrected chi connectivity index (χ2v) is 9.61. The summed E-state index contributed by atoms with van der Waals surface area (Å²) < 4.78 is 6.06. The molecule has 1 N–H and O–H groups in total. The molecule has 0 aliphatic carbocycles. The Morgan fingerprint density at radius 3 is 2.60 bits per heavy atom. The van der Waals surface area contributed by atoms with E-state index in [0.717, 1.165) is 80.8 Å². The summed E-state index contributed by atoms with van der Waals surface area (Å²) in [6.07, 6.45) is 9.31. The summed E-state index contributed by atoms with van der Waals surface area (Å²) in [5.41, 5.74) is 3.05. The van der Waals surface area contributed by atoms with Crippen LogP contribution >= 0.6 is 0 Å². The minimum absolute atomic E-state index is 0.745. The van der Waals surface area contributed by atoms with Gasteiger partial charge in [0.25, 0.3) is 0 Å². The van der Waals surface area contributed by atoms with Crippen LogP contribution in [0.5, 0.6) is 0 Å². The number of nitrogens with zero attached hydrogens (tertiary/aromatic N) is 6. The first kappa shape index (κ1) is 25.4. The molecular weight excluding hydrogens is 438 g/mol. The van der Waals surface area contributed by atoms with Gasteiger partial charge in [-0.05, 0) is 63.0 Å². The van der Waals surface area contributed by atoms with Crippen LogP contribution in [-0.2, 0) is 19.5 Å². The van der Waals surface area contributed by atoms with E-state index < -0.39 is 0 Å². The third-order valence-electron chi connectivity index (χ3n) is 6.56. The van der Waals surface area contributed by atoms with Crippen molar-refractivity contribution in [1.29, 1.82) is 0 Å². The van der Waals surface area contributed by atoms with Crippen LogP contribution in [0.2, 0.25) is 0 Å². The maximum absolute atomic E-state index is 6.06. The van der Waals surface area contributed by atoms with Crippen LogP contribution in [0.25, 0.3) is 11.1 Å². The van der Waals surface area contributed by atoms with Gasteiger partial charge in [-0.2, -0.15) is 0 Å². The van der Waals surface area contributed by atoms with Gasteiger partial charge in [-0.1, -0.05) is 19.9 Å². The molecule has 190 valence electrons. The van der Waals surface area contributed by atoms with Crippen LogP contribution < -0.4 is 0 Å². The second kappa shape index (κ2) is 12.8. The first-order valence-electron chi connectivity index (χ1n) is 13.2.